The molecule has 0 aliphatic carbocycles. The standard InChI is InChI=1S/C6H7Cl2NO/c1-4(7)3-9-6(10)5(2)8/h1-3H2,(H,9,10). The van der Waals surface area contributed by atoms with Crippen LogP contribution in [0.2, 0.25) is 0 Å². The van der Waals surface area contributed by atoms with Gasteiger partial charge in [0.1, 0.15) is 0 Å². The monoisotopic (exact) mass is 179 g/mol. The average Bonchev–Trinajstić information content (AvgIpc) is 1.82. The van der Waals surface area contributed by atoms with E-state index in [-0.39, 0.29) is 11.6 Å². The van der Waals surface area contributed by atoms with E-state index in [4.69, 9.17) is 23.2 Å². The molecule has 0 radical (unpaired) electrons. The number of hydrogen-bond acceptors (Lipinski definition) is 1. The first-order valence-corrected chi connectivity index (χ1v) is 3.25. The molecule has 0 saturated heterocycles. The Labute approximate surface area is 69.5 Å². The summed E-state index contributed by atoms with van der Waals surface area (Å²) < 4.78 is 0. The topological polar surface area (TPSA) is 29.1 Å². The van der Waals surface area contributed by atoms with Crippen LogP contribution in [0.1, 0.15) is 0 Å². The van der Waals surface area contributed by atoms with Gasteiger partial charge in [-0.2, -0.15) is 0 Å². The molecule has 1 amide bonds. The largest absolute Gasteiger partial charge is 0.346 e. The van der Waals surface area contributed by atoms with Gasteiger partial charge in [0.25, 0.3) is 5.91 Å². The molecule has 0 aromatic carbocycles. The van der Waals surface area contributed by atoms with Crippen LogP contribution in [0.25, 0.3) is 0 Å². The Hall–Kier alpha value is -0.470. The highest BCUT2D eigenvalue weighted by Gasteiger charge is 2.01. The summed E-state index contributed by atoms with van der Waals surface area (Å²) in [6, 6.07) is 0. The molecule has 0 fully saturated rings. The van der Waals surface area contributed by atoms with E-state index in [2.05, 4.69) is 18.5 Å². The third-order valence-corrected chi connectivity index (χ3v) is 0.992. The molecular formula is C6H7Cl2NO. The highest BCUT2D eigenvalue weighted by Crippen LogP contribution is 1.97. The number of hydrogen-bond donors (Lipinski definition) is 1. The summed E-state index contributed by atoms with van der Waals surface area (Å²) in [6.07, 6.45) is 0. The van der Waals surface area contributed by atoms with Crippen molar-refractivity contribution in [3.63, 3.8) is 0 Å². The highest BCUT2D eigenvalue weighted by molar-refractivity contribution is 6.41. The third-order valence-electron chi connectivity index (χ3n) is 0.687. The first kappa shape index (κ1) is 9.53. The second-order valence-corrected chi connectivity index (χ2v) is 2.60. The van der Waals surface area contributed by atoms with E-state index in [9.17, 15) is 4.79 Å². The van der Waals surface area contributed by atoms with Crippen molar-refractivity contribution < 1.29 is 4.79 Å². The van der Waals surface area contributed by atoms with Crippen LogP contribution in [0.4, 0.5) is 0 Å². The van der Waals surface area contributed by atoms with Crippen molar-refractivity contribution in [1.82, 2.24) is 5.32 Å². The molecule has 0 aromatic heterocycles. The predicted octanol–water partition coefficient (Wildman–Crippen LogP) is 1.61. The Balaban J connectivity index is 3.60. The highest BCUT2D eigenvalue weighted by atomic mass is 35.5. The van der Waals surface area contributed by atoms with E-state index < -0.39 is 5.91 Å². The zero-order valence-electron chi connectivity index (χ0n) is 5.29. The molecule has 0 saturated carbocycles. The Bertz CT molecular complexity index is 177. The van der Waals surface area contributed by atoms with Gasteiger partial charge in [-0.1, -0.05) is 36.4 Å². The fourth-order valence-electron chi connectivity index (χ4n) is 0.272. The van der Waals surface area contributed by atoms with Gasteiger partial charge in [0.15, 0.2) is 0 Å². The molecule has 56 valence electrons. The fourth-order valence-corrected chi connectivity index (χ4v) is 0.406. The Morgan fingerprint density at radius 1 is 1.40 bits per heavy atom. The van der Waals surface area contributed by atoms with Gasteiger partial charge in [0, 0.05) is 5.03 Å². The smallest absolute Gasteiger partial charge is 0.262 e. The van der Waals surface area contributed by atoms with E-state index in [0.29, 0.717) is 5.03 Å². The van der Waals surface area contributed by atoms with Crippen LogP contribution in [0, 0.1) is 0 Å². The summed E-state index contributed by atoms with van der Waals surface area (Å²) in [4.78, 5) is 10.6. The average molecular weight is 180 g/mol. The number of carbonyl (C=O) groups is 1. The maximum absolute atomic E-state index is 10.6. The summed E-state index contributed by atoms with van der Waals surface area (Å²) >= 11 is 10.6. The van der Waals surface area contributed by atoms with Crippen molar-refractivity contribution in [3.05, 3.63) is 23.2 Å². The Morgan fingerprint density at radius 2 is 1.90 bits per heavy atom. The number of rotatable bonds is 3. The van der Waals surface area contributed by atoms with Gasteiger partial charge in [0.05, 0.1) is 11.6 Å². The quantitative estimate of drug-likeness (QED) is 0.656. The maximum atomic E-state index is 10.6. The van der Waals surface area contributed by atoms with Crippen LogP contribution in [0.15, 0.2) is 23.2 Å². The van der Waals surface area contributed by atoms with Crippen molar-refractivity contribution in [2.24, 2.45) is 0 Å². The third kappa shape index (κ3) is 4.41. The van der Waals surface area contributed by atoms with E-state index in [0.717, 1.165) is 0 Å². The van der Waals surface area contributed by atoms with Gasteiger partial charge in [-0.3, -0.25) is 4.79 Å². The molecule has 4 heteroatoms. The second-order valence-electron chi connectivity index (χ2n) is 1.60. The number of amides is 1. The molecule has 0 spiro atoms. The van der Waals surface area contributed by atoms with Crippen LogP contribution in [0.3, 0.4) is 0 Å². The normalized spacial score (nSPS) is 8.60. The molecule has 0 bridgehead atoms. The van der Waals surface area contributed by atoms with E-state index in [1.54, 1.807) is 0 Å². The van der Waals surface area contributed by atoms with Crippen LogP contribution in [-0.4, -0.2) is 12.5 Å². The van der Waals surface area contributed by atoms with Crippen molar-refractivity contribution in [2.45, 2.75) is 0 Å². The van der Waals surface area contributed by atoms with Gasteiger partial charge < -0.3 is 5.32 Å². The van der Waals surface area contributed by atoms with Crippen LogP contribution in [0.5, 0.6) is 0 Å². The molecule has 0 heterocycles. The molecule has 2 nitrogen and oxygen atoms in total. The zero-order chi connectivity index (χ0) is 8.15. The lowest BCUT2D eigenvalue weighted by molar-refractivity contribution is -0.116. The summed E-state index contributed by atoms with van der Waals surface area (Å²) in [7, 11) is 0. The van der Waals surface area contributed by atoms with Crippen molar-refractivity contribution in [2.75, 3.05) is 6.54 Å². The lowest BCUT2D eigenvalue weighted by Gasteiger charge is -1.99. The molecule has 1 N–H and O–H groups in total. The van der Waals surface area contributed by atoms with E-state index in [1.807, 2.05) is 0 Å². The van der Waals surface area contributed by atoms with Gasteiger partial charge in [0.2, 0.25) is 0 Å². The molecule has 0 atom stereocenters. The minimum atomic E-state index is -0.427. The lowest BCUT2D eigenvalue weighted by atomic mass is 10.5. The van der Waals surface area contributed by atoms with Gasteiger partial charge >= 0.3 is 0 Å². The Morgan fingerprint density at radius 3 is 2.20 bits per heavy atom. The molecular weight excluding hydrogens is 173 g/mol. The van der Waals surface area contributed by atoms with Crippen molar-refractivity contribution in [3.8, 4) is 0 Å². The first-order chi connectivity index (χ1) is 4.54. The van der Waals surface area contributed by atoms with E-state index >= 15 is 0 Å². The minimum Gasteiger partial charge on any atom is -0.346 e. The van der Waals surface area contributed by atoms with Gasteiger partial charge in [-0.25, -0.2) is 0 Å². The van der Waals surface area contributed by atoms with Crippen LogP contribution >= 0.6 is 23.2 Å². The van der Waals surface area contributed by atoms with Gasteiger partial charge in [-0.15, -0.1) is 0 Å². The summed E-state index contributed by atoms with van der Waals surface area (Å²) in [5.41, 5.74) is 0. The number of nitrogens with one attached hydrogen (secondary N) is 1. The summed E-state index contributed by atoms with van der Waals surface area (Å²) in [5.74, 6) is -0.427. The summed E-state index contributed by atoms with van der Waals surface area (Å²) in [5, 5.41) is 2.68. The fraction of sp³-hybridized carbons (Fsp3) is 0.167. The minimum absolute atomic E-state index is 0.0575. The molecule has 0 unspecified atom stereocenters. The lowest BCUT2D eigenvalue weighted by Crippen LogP contribution is -2.23. The zero-order valence-corrected chi connectivity index (χ0v) is 6.80. The second kappa shape index (κ2) is 4.36. The van der Waals surface area contributed by atoms with Crippen LogP contribution < -0.4 is 5.32 Å². The molecule has 10 heavy (non-hydrogen) atoms. The predicted molar refractivity (Wildman–Crippen MR) is 43.0 cm³/mol. The van der Waals surface area contributed by atoms with E-state index in [1.165, 1.54) is 0 Å². The Kier molecular flexibility index (Phi) is 4.16. The molecule has 0 aromatic rings. The molecule has 0 aliphatic rings. The first-order valence-electron chi connectivity index (χ1n) is 2.50. The summed E-state index contributed by atoms with van der Waals surface area (Å²) in [6.45, 7) is 6.79. The number of halogens is 2. The number of carbonyl (C=O) groups excluding carboxylic acids is 1. The van der Waals surface area contributed by atoms with Gasteiger partial charge in [-0.05, 0) is 0 Å². The van der Waals surface area contributed by atoms with Crippen LogP contribution in [-0.2, 0) is 4.79 Å². The SMILES string of the molecule is C=C(Cl)CNC(=O)C(=C)Cl. The molecule has 0 aliphatic heterocycles. The van der Waals surface area contributed by atoms with Crippen molar-refractivity contribution in [1.29, 1.82) is 0 Å². The van der Waals surface area contributed by atoms with Crippen molar-refractivity contribution >= 4 is 29.1 Å². The molecule has 0 rings (SSSR count). The maximum Gasteiger partial charge on any atom is 0.262 e.